The van der Waals surface area contributed by atoms with Crippen LogP contribution in [-0.4, -0.2) is 6.61 Å². The van der Waals surface area contributed by atoms with Crippen LogP contribution in [0.1, 0.15) is 23.6 Å². The number of ether oxygens (including phenoxy) is 1. The number of halogens is 3. The summed E-state index contributed by atoms with van der Waals surface area (Å²) in [6, 6.07) is 13.7. The van der Waals surface area contributed by atoms with E-state index in [4.69, 9.17) is 4.74 Å². The highest BCUT2D eigenvalue weighted by atomic mass is 19.2. The molecule has 0 N–H and O–H groups in total. The quantitative estimate of drug-likeness (QED) is 0.341. The predicted molar refractivity (Wildman–Crippen MR) is 104 cm³/mol. The summed E-state index contributed by atoms with van der Waals surface area (Å²) >= 11 is 0. The average molecular weight is 368 g/mol. The second kappa shape index (κ2) is 8.12. The highest BCUT2D eigenvalue weighted by Gasteiger charge is 2.14. The molecule has 0 spiro atoms. The minimum absolute atomic E-state index is 0.0654. The lowest BCUT2D eigenvalue weighted by Crippen LogP contribution is -1.93. The van der Waals surface area contributed by atoms with Crippen molar-refractivity contribution in [3.8, 4) is 5.75 Å². The van der Waals surface area contributed by atoms with Gasteiger partial charge in [-0.05, 0) is 47.7 Å². The van der Waals surface area contributed by atoms with E-state index in [1.54, 1.807) is 30.3 Å². The average Bonchev–Trinajstić information content (AvgIpc) is 2.71. The molecular formula is C23H19F3O. The molecule has 0 amide bonds. The first-order valence-corrected chi connectivity index (χ1v) is 8.66. The molecule has 0 aliphatic rings. The van der Waals surface area contributed by atoms with Gasteiger partial charge in [0.2, 0.25) is 0 Å². The first kappa shape index (κ1) is 18.8. The summed E-state index contributed by atoms with van der Waals surface area (Å²) < 4.78 is 48.9. The van der Waals surface area contributed by atoms with Gasteiger partial charge in [0, 0.05) is 16.5 Å². The molecule has 0 atom stereocenters. The molecule has 0 aliphatic carbocycles. The van der Waals surface area contributed by atoms with E-state index < -0.39 is 11.7 Å². The van der Waals surface area contributed by atoms with Crippen molar-refractivity contribution >= 4 is 22.4 Å². The summed E-state index contributed by atoms with van der Waals surface area (Å²) in [7, 11) is 0. The molecule has 0 heterocycles. The fraction of sp³-hybridized carbons (Fsp3) is 0.130. The molecule has 3 aromatic rings. The molecule has 0 saturated heterocycles. The minimum Gasteiger partial charge on any atom is -0.490 e. The Balaban J connectivity index is 1.95. The van der Waals surface area contributed by atoms with Crippen LogP contribution in [0.4, 0.5) is 13.2 Å². The van der Waals surface area contributed by atoms with Gasteiger partial charge in [-0.3, -0.25) is 0 Å². The molecule has 27 heavy (non-hydrogen) atoms. The van der Waals surface area contributed by atoms with E-state index in [0.29, 0.717) is 35.1 Å². The molecule has 3 rings (SSSR count). The molecule has 1 nitrogen and oxygen atoms in total. The SMILES string of the molecule is C=CCOc1ccc(C(F)=C(F)c2ccc3c(F)c(CC)ccc3c2)cc1. The molecule has 138 valence electrons. The van der Waals surface area contributed by atoms with E-state index in [1.807, 2.05) is 6.92 Å². The van der Waals surface area contributed by atoms with Crippen LogP contribution in [0, 0.1) is 5.82 Å². The maximum atomic E-state index is 14.7. The first-order chi connectivity index (χ1) is 13.0. The number of hydrogen-bond donors (Lipinski definition) is 0. The molecule has 0 aliphatic heterocycles. The maximum Gasteiger partial charge on any atom is 0.166 e. The Kier molecular flexibility index (Phi) is 5.65. The highest BCUT2D eigenvalue weighted by molar-refractivity contribution is 5.90. The van der Waals surface area contributed by atoms with Crippen LogP contribution in [0.25, 0.3) is 22.4 Å². The molecule has 0 radical (unpaired) electrons. The molecule has 0 bridgehead atoms. The zero-order chi connectivity index (χ0) is 19.4. The first-order valence-electron chi connectivity index (χ1n) is 8.66. The topological polar surface area (TPSA) is 9.23 Å². The monoisotopic (exact) mass is 368 g/mol. The second-order valence-electron chi connectivity index (χ2n) is 6.08. The maximum absolute atomic E-state index is 14.7. The summed E-state index contributed by atoms with van der Waals surface area (Å²) in [6.07, 6.45) is 2.17. The normalized spacial score (nSPS) is 12.0. The van der Waals surface area contributed by atoms with Crippen LogP contribution in [-0.2, 0) is 6.42 Å². The van der Waals surface area contributed by atoms with Gasteiger partial charge in [-0.25, -0.2) is 13.2 Å². The van der Waals surface area contributed by atoms with Gasteiger partial charge in [-0.15, -0.1) is 0 Å². The Morgan fingerprint density at radius 2 is 1.63 bits per heavy atom. The smallest absolute Gasteiger partial charge is 0.166 e. The van der Waals surface area contributed by atoms with E-state index in [0.717, 1.165) is 0 Å². The Bertz CT molecular complexity index is 1000. The Morgan fingerprint density at radius 1 is 0.963 bits per heavy atom. The fourth-order valence-corrected chi connectivity index (χ4v) is 2.85. The van der Waals surface area contributed by atoms with Gasteiger partial charge < -0.3 is 4.74 Å². The van der Waals surface area contributed by atoms with E-state index in [1.165, 1.54) is 30.3 Å². The third-order valence-electron chi connectivity index (χ3n) is 4.34. The van der Waals surface area contributed by atoms with Crippen LogP contribution < -0.4 is 4.74 Å². The lowest BCUT2D eigenvalue weighted by Gasteiger charge is -2.08. The van der Waals surface area contributed by atoms with E-state index in [-0.39, 0.29) is 16.9 Å². The Hall–Kier alpha value is -3.01. The van der Waals surface area contributed by atoms with Crippen LogP contribution in [0.15, 0.2) is 67.3 Å². The number of rotatable bonds is 6. The van der Waals surface area contributed by atoms with Crippen LogP contribution in [0.2, 0.25) is 0 Å². The summed E-state index contributed by atoms with van der Waals surface area (Å²) in [5, 5.41) is 0.924. The molecule has 0 fully saturated rings. The highest BCUT2D eigenvalue weighted by Crippen LogP contribution is 2.32. The molecular weight excluding hydrogens is 349 g/mol. The third kappa shape index (κ3) is 3.90. The van der Waals surface area contributed by atoms with E-state index >= 15 is 0 Å². The van der Waals surface area contributed by atoms with Gasteiger partial charge in [0.05, 0.1) is 0 Å². The van der Waals surface area contributed by atoms with Crippen molar-refractivity contribution in [2.24, 2.45) is 0 Å². The zero-order valence-corrected chi connectivity index (χ0v) is 14.9. The fourth-order valence-electron chi connectivity index (χ4n) is 2.85. The van der Waals surface area contributed by atoms with Gasteiger partial charge in [-0.1, -0.05) is 43.8 Å². The van der Waals surface area contributed by atoms with Crippen molar-refractivity contribution in [3.05, 3.63) is 89.8 Å². The van der Waals surface area contributed by atoms with Crippen molar-refractivity contribution < 1.29 is 17.9 Å². The number of hydrogen-bond acceptors (Lipinski definition) is 1. The van der Waals surface area contributed by atoms with Gasteiger partial charge in [0.1, 0.15) is 18.2 Å². The van der Waals surface area contributed by atoms with Crippen molar-refractivity contribution in [3.63, 3.8) is 0 Å². The second-order valence-corrected chi connectivity index (χ2v) is 6.08. The van der Waals surface area contributed by atoms with Gasteiger partial charge in [-0.2, -0.15) is 0 Å². The van der Waals surface area contributed by atoms with Crippen LogP contribution >= 0.6 is 0 Å². The number of benzene rings is 3. The third-order valence-corrected chi connectivity index (χ3v) is 4.34. The Labute approximate surface area is 156 Å². The summed E-state index contributed by atoms with van der Waals surface area (Å²) in [5.74, 6) is -1.74. The number of fused-ring (bicyclic) bond motifs is 1. The minimum atomic E-state index is -0.989. The van der Waals surface area contributed by atoms with Gasteiger partial charge in [0.25, 0.3) is 0 Å². The Morgan fingerprint density at radius 3 is 2.30 bits per heavy atom. The lowest BCUT2D eigenvalue weighted by molar-refractivity contribution is 0.363. The molecule has 0 saturated carbocycles. The largest absolute Gasteiger partial charge is 0.490 e. The molecule has 0 aromatic heterocycles. The van der Waals surface area contributed by atoms with Crippen molar-refractivity contribution in [1.82, 2.24) is 0 Å². The zero-order valence-electron chi connectivity index (χ0n) is 14.9. The summed E-state index contributed by atoms with van der Waals surface area (Å²) in [4.78, 5) is 0. The van der Waals surface area contributed by atoms with Crippen molar-refractivity contribution in [2.75, 3.05) is 6.61 Å². The van der Waals surface area contributed by atoms with E-state index in [9.17, 15) is 13.2 Å². The molecule has 4 heteroatoms. The van der Waals surface area contributed by atoms with Gasteiger partial charge >= 0.3 is 0 Å². The molecule has 3 aromatic carbocycles. The van der Waals surface area contributed by atoms with Crippen molar-refractivity contribution in [2.45, 2.75) is 13.3 Å². The standard InChI is InChI=1S/C23H19F3O/c1-3-13-27-19-10-7-16(8-11-19)22(25)23(26)18-9-12-20-17(14-18)6-5-15(4-2)21(20)24/h3,5-12,14H,1,4,13H2,2H3. The summed E-state index contributed by atoms with van der Waals surface area (Å²) in [5.41, 5.74) is 0.762. The van der Waals surface area contributed by atoms with Crippen LogP contribution in [0.3, 0.4) is 0 Å². The van der Waals surface area contributed by atoms with Crippen molar-refractivity contribution in [1.29, 1.82) is 0 Å². The number of aryl methyl sites for hydroxylation is 1. The van der Waals surface area contributed by atoms with Crippen LogP contribution in [0.5, 0.6) is 5.75 Å². The predicted octanol–water partition coefficient (Wildman–Crippen LogP) is 6.87. The lowest BCUT2D eigenvalue weighted by atomic mass is 10.0. The summed E-state index contributed by atoms with van der Waals surface area (Å²) in [6.45, 7) is 5.75. The van der Waals surface area contributed by atoms with Gasteiger partial charge in [0.15, 0.2) is 11.7 Å². The van der Waals surface area contributed by atoms with E-state index in [2.05, 4.69) is 6.58 Å². The molecule has 0 unspecified atom stereocenters.